The number of halogens is 5. The van der Waals surface area contributed by atoms with Crippen LogP contribution >= 0.6 is 0 Å². The summed E-state index contributed by atoms with van der Waals surface area (Å²) in [6.45, 7) is -3.16. The first-order chi connectivity index (χ1) is 12.3. The van der Waals surface area contributed by atoms with Gasteiger partial charge in [0.25, 0.3) is 0 Å². The van der Waals surface area contributed by atoms with E-state index in [0.717, 1.165) is 18.3 Å². The van der Waals surface area contributed by atoms with Crippen molar-refractivity contribution in [3.63, 3.8) is 0 Å². The van der Waals surface area contributed by atoms with E-state index < -0.39 is 24.2 Å². The molecule has 9 heteroatoms. The lowest BCUT2D eigenvalue weighted by Gasteiger charge is -2.13. The molecular weight excluding hydrogens is 359 g/mol. The number of fused-ring (bicyclic) bond motifs is 1. The predicted molar refractivity (Wildman–Crippen MR) is 83.2 cm³/mol. The summed E-state index contributed by atoms with van der Waals surface area (Å²) in [6, 6.07) is 8.05. The molecule has 4 nitrogen and oxygen atoms in total. The minimum atomic E-state index is -4.65. The van der Waals surface area contributed by atoms with E-state index in [1.807, 2.05) is 0 Å². The fourth-order valence-electron chi connectivity index (χ4n) is 2.43. The topological polar surface area (TPSA) is 44.2 Å². The Hall–Kier alpha value is -2.97. The van der Waals surface area contributed by atoms with Gasteiger partial charge in [0.05, 0.1) is 29.9 Å². The van der Waals surface area contributed by atoms with Gasteiger partial charge >= 0.3 is 12.8 Å². The second-order valence-electron chi connectivity index (χ2n) is 5.21. The number of hydrogen-bond acceptors (Lipinski definition) is 4. The van der Waals surface area contributed by atoms with Gasteiger partial charge in [-0.15, -0.1) is 0 Å². The molecule has 0 atom stereocenters. The molecule has 0 spiro atoms. The van der Waals surface area contributed by atoms with Crippen molar-refractivity contribution in [3.8, 4) is 22.8 Å². The van der Waals surface area contributed by atoms with E-state index in [4.69, 9.17) is 4.74 Å². The van der Waals surface area contributed by atoms with E-state index in [9.17, 15) is 22.0 Å². The van der Waals surface area contributed by atoms with Crippen molar-refractivity contribution in [2.75, 3.05) is 7.11 Å². The smallest absolute Gasteiger partial charge is 0.416 e. The van der Waals surface area contributed by atoms with Gasteiger partial charge in [-0.2, -0.15) is 22.0 Å². The standard InChI is InChI=1S/C17H11F5N2O2/c1-25-11-4-2-3-9(5-11)12-6-10(17(20,21)22)7-13-15(12)23-8-14(24-13)26-16(18)19/h2-8,16H,1H3. The van der Waals surface area contributed by atoms with Crippen LogP contribution in [0.25, 0.3) is 22.2 Å². The maximum absolute atomic E-state index is 13.2. The minimum absolute atomic E-state index is 0.118. The van der Waals surface area contributed by atoms with Crippen molar-refractivity contribution < 1.29 is 31.4 Å². The van der Waals surface area contributed by atoms with Crippen LogP contribution < -0.4 is 9.47 Å². The fraction of sp³-hybridized carbons (Fsp3) is 0.176. The van der Waals surface area contributed by atoms with Crippen LogP contribution in [-0.2, 0) is 6.18 Å². The van der Waals surface area contributed by atoms with Gasteiger partial charge in [-0.25, -0.2) is 9.97 Å². The normalized spacial score (nSPS) is 11.8. The maximum atomic E-state index is 13.2. The van der Waals surface area contributed by atoms with E-state index in [1.54, 1.807) is 24.3 Å². The van der Waals surface area contributed by atoms with Crippen LogP contribution in [0.15, 0.2) is 42.6 Å². The summed E-state index contributed by atoms with van der Waals surface area (Å²) < 4.78 is 73.6. The number of rotatable bonds is 4. The number of alkyl halides is 5. The molecule has 0 saturated carbocycles. The van der Waals surface area contributed by atoms with E-state index in [-0.39, 0.29) is 16.6 Å². The summed E-state index contributed by atoms with van der Waals surface area (Å²) in [5, 5.41) is 0. The first kappa shape index (κ1) is 17.8. The van der Waals surface area contributed by atoms with Crippen LogP contribution in [0.1, 0.15) is 5.56 Å². The van der Waals surface area contributed by atoms with E-state index >= 15 is 0 Å². The third kappa shape index (κ3) is 3.66. The molecule has 26 heavy (non-hydrogen) atoms. The Kier molecular flexibility index (Phi) is 4.62. The third-order valence-corrected chi connectivity index (χ3v) is 3.54. The molecule has 0 fully saturated rings. The monoisotopic (exact) mass is 370 g/mol. The molecule has 0 bridgehead atoms. The van der Waals surface area contributed by atoms with Crippen molar-refractivity contribution in [1.29, 1.82) is 0 Å². The summed E-state index contributed by atoms with van der Waals surface area (Å²) in [7, 11) is 1.43. The molecule has 2 aromatic carbocycles. The van der Waals surface area contributed by atoms with Gasteiger partial charge in [0.1, 0.15) is 5.75 Å². The lowest BCUT2D eigenvalue weighted by molar-refractivity contribution is -0.137. The van der Waals surface area contributed by atoms with Crippen LogP contribution in [-0.4, -0.2) is 23.7 Å². The lowest BCUT2D eigenvalue weighted by atomic mass is 10.00. The Bertz CT molecular complexity index is 944. The maximum Gasteiger partial charge on any atom is 0.416 e. The van der Waals surface area contributed by atoms with Crippen LogP contribution in [0.2, 0.25) is 0 Å². The largest absolute Gasteiger partial charge is 0.497 e. The van der Waals surface area contributed by atoms with Crippen LogP contribution in [0.5, 0.6) is 11.6 Å². The number of methoxy groups -OCH3 is 1. The van der Waals surface area contributed by atoms with Crippen molar-refractivity contribution in [3.05, 3.63) is 48.2 Å². The number of hydrogen-bond donors (Lipinski definition) is 0. The molecule has 1 aromatic heterocycles. The zero-order chi connectivity index (χ0) is 18.9. The molecule has 0 amide bonds. The molecule has 0 aliphatic rings. The first-order valence-corrected chi connectivity index (χ1v) is 7.25. The van der Waals surface area contributed by atoms with Crippen molar-refractivity contribution in [2.45, 2.75) is 12.8 Å². The molecule has 0 unspecified atom stereocenters. The van der Waals surface area contributed by atoms with Crippen LogP contribution in [0.4, 0.5) is 22.0 Å². The summed E-state index contributed by atoms with van der Waals surface area (Å²) >= 11 is 0. The van der Waals surface area contributed by atoms with Crippen molar-refractivity contribution in [1.82, 2.24) is 9.97 Å². The Labute approximate surface area is 144 Å². The zero-order valence-electron chi connectivity index (χ0n) is 13.2. The van der Waals surface area contributed by atoms with Crippen molar-refractivity contribution in [2.24, 2.45) is 0 Å². The number of aromatic nitrogens is 2. The second kappa shape index (κ2) is 6.74. The van der Waals surface area contributed by atoms with E-state index in [1.165, 1.54) is 7.11 Å². The van der Waals surface area contributed by atoms with E-state index in [2.05, 4.69) is 14.7 Å². The van der Waals surface area contributed by atoms with Gasteiger partial charge in [0.2, 0.25) is 5.88 Å². The predicted octanol–water partition coefficient (Wildman–Crippen LogP) is 4.93. The molecule has 0 N–H and O–H groups in total. The highest BCUT2D eigenvalue weighted by Gasteiger charge is 2.32. The summed E-state index contributed by atoms with van der Waals surface area (Å²) in [5.41, 5.74) is -0.517. The highest BCUT2D eigenvalue weighted by Crippen LogP contribution is 2.37. The van der Waals surface area contributed by atoms with Gasteiger partial charge in [0.15, 0.2) is 0 Å². The Balaban J connectivity index is 2.25. The average Bonchev–Trinajstić information content (AvgIpc) is 2.59. The summed E-state index contributed by atoms with van der Waals surface area (Å²) in [5.74, 6) is -0.123. The van der Waals surface area contributed by atoms with Gasteiger partial charge < -0.3 is 9.47 Å². The zero-order valence-corrected chi connectivity index (χ0v) is 13.2. The highest BCUT2D eigenvalue weighted by molar-refractivity contribution is 5.92. The van der Waals surface area contributed by atoms with Crippen molar-refractivity contribution >= 4 is 11.0 Å². The lowest BCUT2D eigenvalue weighted by Crippen LogP contribution is -2.07. The summed E-state index contributed by atoms with van der Waals surface area (Å²) in [6.07, 6.45) is -3.71. The van der Waals surface area contributed by atoms with E-state index in [0.29, 0.717) is 11.3 Å². The molecule has 1 heterocycles. The Morgan fingerprint density at radius 2 is 1.85 bits per heavy atom. The molecule has 0 aliphatic carbocycles. The Morgan fingerprint density at radius 1 is 1.08 bits per heavy atom. The second-order valence-corrected chi connectivity index (χ2v) is 5.21. The molecule has 0 radical (unpaired) electrons. The quantitative estimate of drug-likeness (QED) is 0.611. The number of benzene rings is 2. The van der Waals surface area contributed by atoms with Crippen LogP contribution in [0, 0.1) is 0 Å². The molecule has 3 rings (SSSR count). The van der Waals surface area contributed by atoms with Gasteiger partial charge in [-0.1, -0.05) is 12.1 Å². The average molecular weight is 370 g/mol. The third-order valence-electron chi connectivity index (χ3n) is 3.54. The fourth-order valence-corrected chi connectivity index (χ4v) is 2.43. The molecule has 136 valence electrons. The van der Waals surface area contributed by atoms with Crippen LogP contribution in [0.3, 0.4) is 0 Å². The summed E-state index contributed by atoms with van der Waals surface area (Å²) in [4.78, 5) is 7.68. The molecule has 0 saturated heterocycles. The minimum Gasteiger partial charge on any atom is -0.497 e. The van der Waals surface area contributed by atoms with Gasteiger partial charge in [0, 0.05) is 5.56 Å². The molecule has 0 aliphatic heterocycles. The van der Waals surface area contributed by atoms with Gasteiger partial charge in [-0.3, -0.25) is 0 Å². The molecular formula is C17H11F5N2O2. The highest BCUT2D eigenvalue weighted by atomic mass is 19.4. The number of nitrogens with zero attached hydrogens (tertiary/aromatic N) is 2. The Morgan fingerprint density at radius 3 is 2.50 bits per heavy atom. The van der Waals surface area contributed by atoms with Gasteiger partial charge in [-0.05, 0) is 29.8 Å². The first-order valence-electron chi connectivity index (χ1n) is 7.25. The molecule has 3 aromatic rings. The SMILES string of the molecule is COc1cccc(-c2cc(C(F)(F)F)cc3nc(OC(F)F)cnc23)c1. The number of ether oxygens (including phenoxy) is 2.